The van der Waals surface area contributed by atoms with Gasteiger partial charge >= 0.3 is 0 Å². The molecule has 17 heavy (non-hydrogen) atoms. The number of hydrogen-bond donors (Lipinski definition) is 2. The molecule has 88 valence electrons. The van der Waals surface area contributed by atoms with Crippen molar-refractivity contribution >= 4 is 28.3 Å². The quantitative estimate of drug-likeness (QED) is 0.838. The van der Waals surface area contributed by atoms with E-state index in [0.29, 0.717) is 5.69 Å². The van der Waals surface area contributed by atoms with Crippen LogP contribution in [0.1, 0.15) is 25.9 Å². The van der Waals surface area contributed by atoms with E-state index in [4.69, 9.17) is 10.3 Å². The minimum absolute atomic E-state index is 0.0818. The second kappa shape index (κ2) is 4.34. The lowest BCUT2D eigenvalue weighted by Crippen LogP contribution is -2.10. The van der Waals surface area contributed by atoms with Gasteiger partial charge in [-0.25, -0.2) is 4.98 Å². The Labute approximate surface area is 99.6 Å². The van der Waals surface area contributed by atoms with E-state index in [2.05, 4.69) is 15.5 Å². The second-order valence-electron chi connectivity index (χ2n) is 3.18. The average molecular weight is 252 g/mol. The Kier molecular flexibility index (Phi) is 2.88. The molecule has 8 heteroatoms. The van der Waals surface area contributed by atoms with E-state index in [1.54, 1.807) is 6.92 Å². The Bertz CT molecular complexity index is 574. The SMILES string of the molecule is Cc1cc(C(=O)Nc2ncc(C(N)=O)s2)on1. The van der Waals surface area contributed by atoms with E-state index in [9.17, 15) is 9.59 Å². The fourth-order valence-electron chi connectivity index (χ4n) is 1.08. The van der Waals surface area contributed by atoms with Crippen LogP contribution >= 0.6 is 11.3 Å². The fraction of sp³-hybridized carbons (Fsp3) is 0.111. The summed E-state index contributed by atoms with van der Waals surface area (Å²) in [5, 5.41) is 6.34. The van der Waals surface area contributed by atoms with Gasteiger partial charge in [0.2, 0.25) is 5.76 Å². The van der Waals surface area contributed by atoms with E-state index in [1.807, 2.05) is 0 Å². The van der Waals surface area contributed by atoms with Crippen LogP contribution in [0.2, 0.25) is 0 Å². The molecule has 0 radical (unpaired) electrons. The molecule has 3 N–H and O–H groups in total. The number of carbonyl (C=O) groups excluding carboxylic acids is 2. The predicted molar refractivity (Wildman–Crippen MR) is 59.8 cm³/mol. The van der Waals surface area contributed by atoms with Gasteiger partial charge < -0.3 is 10.3 Å². The van der Waals surface area contributed by atoms with Gasteiger partial charge in [-0.3, -0.25) is 14.9 Å². The Morgan fingerprint density at radius 1 is 1.53 bits per heavy atom. The Hall–Kier alpha value is -2.22. The summed E-state index contributed by atoms with van der Waals surface area (Å²) in [7, 11) is 0. The number of amides is 2. The number of carbonyl (C=O) groups is 2. The number of aryl methyl sites for hydroxylation is 1. The van der Waals surface area contributed by atoms with Gasteiger partial charge in [-0.15, -0.1) is 0 Å². The minimum Gasteiger partial charge on any atom is -0.365 e. The van der Waals surface area contributed by atoms with Gasteiger partial charge in [0.1, 0.15) is 4.88 Å². The Morgan fingerprint density at radius 3 is 2.82 bits per heavy atom. The molecule has 0 aliphatic carbocycles. The van der Waals surface area contributed by atoms with Gasteiger partial charge in [0.25, 0.3) is 11.8 Å². The number of nitrogens with zero attached hydrogens (tertiary/aromatic N) is 2. The highest BCUT2D eigenvalue weighted by atomic mass is 32.1. The first-order chi connectivity index (χ1) is 8.06. The van der Waals surface area contributed by atoms with Crippen LogP contribution in [-0.2, 0) is 0 Å². The molecule has 2 rings (SSSR count). The number of nitrogens with two attached hydrogens (primary N) is 1. The second-order valence-corrected chi connectivity index (χ2v) is 4.21. The Morgan fingerprint density at radius 2 is 2.29 bits per heavy atom. The molecule has 0 fully saturated rings. The smallest absolute Gasteiger partial charge is 0.296 e. The maximum Gasteiger partial charge on any atom is 0.296 e. The van der Waals surface area contributed by atoms with Gasteiger partial charge in [-0.1, -0.05) is 16.5 Å². The van der Waals surface area contributed by atoms with Crippen LogP contribution in [0.3, 0.4) is 0 Å². The van der Waals surface area contributed by atoms with Crippen LogP contribution in [0, 0.1) is 6.92 Å². The van der Waals surface area contributed by atoms with Crippen LogP contribution in [0.25, 0.3) is 0 Å². The fourth-order valence-corrected chi connectivity index (χ4v) is 1.74. The zero-order valence-electron chi connectivity index (χ0n) is 8.76. The molecule has 7 nitrogen and oxygen atoms in total. The number of rotatable bonds is 3. The van der Waals surface area contributed by atoms with Crippen molar-refractivity contribution < 1.29 is 14.1 Å². The van der Waals surface area contributed by atoms with E-state index in [1.165, 1.54) is 12.3 Å². The molecule has 0 unspecified atom stereocenters. The predicted octanol–water partition coefficient (Wildman–Crippen LogP) is 0.791. The minimum atomic E-state index is -0.585. The summed E-state index contributed by atoms with van der Waals surface area (Å²) in [5.74, 6) is -0.979. The molecule has 2 heterocycles. The third kappa shape index (κ3) is 2.48. The summed E-state index contributed by atoms with van der Waals surface area (Å²) in [6, 6.07) is 1.50. The molecular weight excluding hydrogens is 244 g/mol. The number of primary amides is 1. The molecule has 0 saturated carbocycles. The summed E-state index contributed by atoms with van der Waals surface area (Å²) < 4.78 is 4.78. The molecule has 0 atom stereocenters. The van der Waals surface area contributed by atoms with E-state index in [-0.39, 0.29) is 15.8 Å². The summed E-state index contributed by atoms with van der Waals surface area (Å²) in [4.78, 5) is 26.5. The van der Waals surface area contributed by atoms with Crippen molar-refractivity contribution in [2.75, 3.05) is 5.32 Å². The van der Waals surface area contributed by atoms with Gasteiger partial charge in [0.05, 0.1) is 11.9 Å². The molecule has 2 aromatic rings. The molecule has 0 bridgehead atoms. The molecule has 0 saturated heterocycles. The van der Waals surface area contributed by atoms with E-state index in [0.717, 1.165) is 11.3 Å². The van der Waals surface area contributed by atoms with Crippen LogP contribution in [0.15, 0.2) is 16.8 Å². The monoisotopic (exact) mass is 252 g/mol. The zero-order valence-corrected chi connectivity index (χ0v) is 9.58. The van der Waals surface area contributed by atoms with Crippen molar-refractivity contribution in [3.8, 4) is 0 Å². The molecule has 2 aromatic heterocycles. The highest BCUT2D eigenvalue weighted by molar-refractivity contribution is 7.17. The standard InChI is InChI=1S/C9H8N4O3S/c1-4-2-5(16-13-4)8(15)12-9-11-3-6(17-9)7(10)14/h2-3H,1H3,(H2,10,14)(H,11,12,15). The maximum atomic E-state index is 11.6. The summed E-state index contributed by atoms with van der Waals surface area (Å²) >= 11 is 0.991. The van der Waals surface area contributed by atoms with Crippen LogP contribution < -0.4 is 11.1 Å². The lowest BCUT2D eigenvalue weighted by atomic mass is 10.4. The van der Waals surface area contributed by atoms with E-state index >= 15 is 0 Å². The first-order valence-corrected chi connectivity index (χ1v) is 5.38. The van der Waals surface area contributed by atoms with Gasteiger partial charge in [-0.2, -0.15) is 0 Å². The van der Waals surface area contributed by atoms with Crippen LogP contribution in [0.5, 0.6) is 0 Å². The normalized spacial score (nSPS) is 10.2. The summed E-state index contributed by atoms with van der Waals surface area (Å²) in [6.07, 6.45) is 1.30. The Balaban J connectivity index is 2.10. The van der Waals surface area contributed by atoms with Crippen molar-refractivity contribution in [3.05, 3.63) is 28.6 Å². The van der Waals surface area contributed by atoms with Crippen molar-refractivity contribution in [1.29, 1.82) is 0 Å². The van der Waals surface area contributed by atoms with Crippen LogP contribution in [-0.4, -0.2) is 22.0 Å². The zero-order chi connectivity index (χ0) is 12.4. The number of nitrogens with one attached hydrogen (secondary N) is 1. The number of thiazole rings is 1. The average Bonchev–Trinajstić information content (AvgIpc) is 2.86. The van der Waals surface area contributed by atoms with Crippen molar-refractivity contribution in [1.82, 2.24) is 10.1 Å². The van der Waals surface area contributed by atoms with Gasteiger partial charge in [-0.05, 0) is 6.92 Å². The third-order valence-electron chi connectivity index (χ3n) is 1.82. The maximum absolute atomic E-state index is 11.6. The summed E-state index contributed by atoms with van der Waals surface area (Å²) in [6.45, 7) is 1.70. The lowest BCUT2D eigenvalue weighted by Gasteiger charge is -1.95. The largest absolute Gasteiger partial charge is 0.365 e. The van der Waals surface area contributed by atoms with E-state index < -0.39 is 11.8 Å². The van der Waals surface area contributed by atoms with Gasteiger partial charge in [0.15, 0.2) is 5.13 Å². The molecule has 0 aromatic carbocycles. The molecule has 2 amide bonds. The molecule has 0 aliphatic rings. The highest BCUT2D eigenvalue weighted by Gasteiger charge is 2.14. The first-order valence-electron chi connectivity index (χ1n) is 4.56. The molecular formula is C9H8N4O3S. The third-order valence-corrected chi connectivity index (χ3v) is 2.75. The van der Waals surface area contributed by atoms with Crippen LogP contribution in [0.4, 0.5) is 5.13 Å². The van der Waals surface area contributed by atoms with Crippen molar-refractivity contribution in [3.63, 3.8) is 0 Å². The number of aromatic nitrogens is 2. The molecule has 0 aliphatic heterocycles. The van der Waals surface area contributed by atoms with Crippen molar-refractivity contribution in [2.24, 2.45) is 5.73 Å². The highest BCUT2D eigenvalue weighted by Crippen LogP contribution is 2.18. The van der Waals surface area contributed by atoms with Gasteiger partial charge in [0, 0.05) is 6.07 Å². The van der Waals surface area contributed by atoms with Crippen molar-refractivity contribution in [2.45, 2.75) is 6.92 Å². The molecule has 0 spiro atoms. The number of anilines is 1. The topological polar surface area (TPSA) is 111 Å². The first kappa shape index (κ1) is 11.3. The lowest BCUT2D eigenvalue weighted by molar-refractivity contribution is 0.0984. The summed E-state index contributed by atoms with van der Waals surface area (Å²) in [5.41, 5.74) is 5.67. The number of hydrogen-bond acceptors (Lipinski definition) is 6.